The van der Waals surface area contributed by atoms with Crippen LogP contribution in [0.1, 0.15) is 98.5 Å². The Labute approximate surface area is 268 Å². The molecule has 45 heavy (non-hydrogen) atoms. The molecule has 4 fully saturated rings. The highest BCUT2D eigenvalue weighted by molar-refractivity contribution is 5.87. The number of rotatable bonds is 4. The number of phenolic OH excluding ortho intramolecular Hbond substituents is 1. The zero-order valence-corrected chi connectivity index (χ0v) is 27.9. The van der Waals surface area contributed by atoms with Crippen LogP contribution in [-0.2, 0) is 14.3 Å². The number of phenols is 1. The lowest BCUT2D eigenvalue weighted by Crippen LogP contribution is -2.67. The molecule has 1 aromatic rings. The van der Waals surface area contributed by atoms with Crippen LogP contribution in [0.5, 0.6) is 5.75 Å². The lowest BCUT2D eigenvalue weighted by Gasteiger charge is -2.71. The van der Waals surface area contributed by atoms with E-state index < -0.39 is 35.0 Å². The quantitative estimate of drug-likeness (QED) is 0.180. The number of carbonyl (C=O) groups is 2. The monoisotopic (exact) mass is 616 g/mol. The Morgan fingerprint density at radius 1 is 1.00 bits per heavy atom. The maximum Gasteiger partial charge on any atom is 0.331 e. The highest BCUT2D eigenvalue weighted by atomic mass is 16.6. The molecule has 4 saturated carbocycles. The van der Waals surface area contributed by atoms with Gasteiger partial charge in [0.25, 0.3) is 0 Å². The number of aromatic hydroxyl groups is 1. The number of carboxylic acids is 1. The van der Waals surface area contributed by atoms with Gasteiger partial charge in [-0.2, -0.15) is 0 Å². The maximum atomic E-state index is 13.0. The van der Waals surface area contributed by atoms with Crippen molar-refractivity contribution in [1.29, 1.82) is 0 Å². The van der Waals surface area contributed by atoms with Crippen molar-refractivity contribution in [3.05, 3.63) is 59.7 Å². The molecule has 0 saturated heterocycles. The summed E-state index contributed by atoms with van der Waals surface area (Å²) in [6.45, 7) is 18.1. The minimum absolute atomic E-state index is 0.0230. The van der Waals surface area contributed by atoms with Crippen LogP contribution in [0.15, 0.2) is 54.1 Å². The van der Waals surface area contributed by atoms with E-state index in [1.165, 1.54) is 17.2 Å². The summed E-state index contributed by atoms with van der Waals surface area (Å²) in [5.74, 6) is -0.274. The molecule has 1 unspecified atom stereocenters. The van der Waals surface area contributed by atoms with Gasteiger partial charge in [-0.1, -0.05) is 77.5 Å². The fourth-order valence-corrected chi connectivity index (χ4v) is 11.9. The van der Waals surface area contributed by atoms with Crippen molar-refractivity contribution in [2.24, 2.45) is 50.7 Å². The fraction of sp³-hybridized carbons (Fsp3) is 0.641. The number of ether oxygens (including phenoxy) is 1. The van der Waals surface area contributed by atoms with Gasteiger partial charge < -0.3 is 20.1 Å². The Bertz CT molecular complexity index is 1450. The molecule has 5 aliphatic rings. The van der Waals surface area contributed by atoms with E-state index in [1.807, 2.05) is 0 Å². The molecular weight excluding hydrogens is 564 g/mol. The highest BCUT2D eigenvalue weighted by Crippen LogP contribution is 2.75. The summed E-state index contributed by atoms with van der Waals surface area (Å²) in [6, 6.07) is 6.60. The van der Waals surface area contributed by atoms with Gasteiger partial charge in [0.1, 0.15) is 11.9 Å². The standard InChI is InChI=1S/C39H52O6/c1-23-16-19-39(34(43)44)21-20-37(6)27(32(39)24(23)2)13-14-30-36(5)22-28(41)33(35(3,4)29(36)17-18-38(30,37)7)45-31(42)15-10-25-8-11-26(40)12-9-25/h8-13,15,24,28-30,32-33,40-41H,1,14,16-22H2,2-7H3,(H,43,44)/b15-10-/t24-,28+,29?,30+,32-,33-,36-,37+,38+,39-/m0/s1. The molecule has 0 spiro atoms. The lowest BCUT2D eigenvalue weighted by molar-refractivity contribution is -0.238. The minimum atomic E-state index is -0.791. The van der Waals surface area contributed by atoms with E-state index >= 15 is 0 Å². The van der Waals surface area contributed by atoms with Gasteiger partial charge in [-0.05, 0) is 109 Å². The SMILES string of the molecule is C=C1CC[C@]2(C(=O)O)CC[C@]3(C)C(=CC[C@@H]4[C@@]5(C)C[C@@H](O)[C@H](OC(=O)/C=C\c6ccc(O)cc6)C(C)(C)C5CC[C@]43C)[C@@H]2[C@H]1C. The zero-order valence-electron chi connectivity index (χ0n) is 27.9. The maximum absolute atomic E-state index is 13.0. The van der Waals surface area contributed by atoms with Crippen LogP contribution < -0.4 is 0 Å². The second-order valence-corrected chi connectivity index (χ2v) is 16.6. The number of allylic oxidation sites excluding steroid dienone is 3. The van der Waals surface area contributed by atoms with Crippen molar-refractivity contribution < 1.29 is 29.6 Å². The molecule has 0 aromatic heterocycles. The van der Waals surface area contributed by atoms with Crippen molar-refractivity contribution in [1.82, 2.24) is 0 Å². The molecule has 244 valence electrons. The van der Waals surface area contributed by atoms with Crippen LogP contribution in [0.25, 0.3) is 6.08 Å². The van der Waals surface area contributed by atoms with Gasteiger partial charge in [0.05, 0.1) is 11.5 Å². The third kappa shape index (κ3) is 4.52. The third-order valence-corrected chi connectivity index (χ3v) is 14.4. The summed E-state index contributed by atoms with van der Waals surface area (Å²) < 4.78 is 6.04. The van der Waals surface area contributed by atoms with E-state index in [4.69, 9.17) is 4.74 Å². The van der Waals surface area contributed by atoms with Gasteiger partial charge in [0, 0.05) is 17.4 Å². The Morgan fingerprint density at radius 3 is 2.36 bits per heavy atom. The summed E-state index contributed by atoms with van der Waals surface area (Å²) in [6.07, 6.45) is 10.5. The molecule has 1 aromatic carbocycles. The Balaban J connectivity index is 1.30. The molecule has 3 N–H and O–H groups in total. The summed E-state index contributed by atoms with van der Waals surface area (Å²) in [5, 5.41) is 31.9. The molecular formula is C39H52O6. The minimum Gasteiger partial charge on any atom is -0.508 e. The number of esters is 1. The van der Waals surface area contributed by atoms with Gasteiger partial charge >= 0.3 is 11.9 Å². The summed E-state index contributed by atoms with van der Waals surface area (Å²) in [4.78, 5) is 26.0. The highest BCUT2D eigenvalue weighted by Gasteiger charge is 2.70. The van der Waals surface area contributed by atoms with Gasteiger partial charge in [-0.15, -0.1) is 0 Å². The number of carbonyl (C=O) groups excluding carboxylic acids is 1. The van der Waals surface area contributed by atoms with Gasteiger partial charge in [0.15, 0.2) is 0 Å². The normalized spacial score (nSPS) is 43.7. The summed E-state index contributed by atoms with van der Waals surface area (Å²) >= 11 is 0. The van der Waals surface area contributed by atoms with Crippen molar-refractivity contribution >= 4 is 18.0 Å². The molecule has 0 aliphatic heterocycles. The molecule has 6 heteroatoms. The molecule has 6 nitrogen and oxygen atoms in total. The van der Waals surface area contributed by atoms with E-state index in [-0.39, 0.29) is 39.7 Å². The van der Waals surface area contributed by atoms with E-state index in [0.29, 0.717) is 25.2 Å². The molecule has 10 atom stereocenters. The third-order valence-electron chi connectivity index (χ3n) is 14.4. The molecule has 0 bridgehead atoms. The average molecular weight is 617 g/mol. The number of aliphatic hydroxyl groups is 1. The van der Waals surface area contributed by atoms with Crippen LogP contribution in [-0.4, -0.2) is 39.5 Å². The summed E-state index contributed by atoms with van der Waals surface area (Å²) in [5.41, 5.74) is 1.81. The van der Waals surface area contributed by atoms with E-state index in [1.54, 1.807) is 30.3 Å². The van der Waals surface area contributed by atoms with Crippen LogP contribution in [0.3, 0.4) is 0 Å². The van der Waals surface area contributed by atoms with Crippen LogP contribution >= 0.6 is 0 Å². The topological polar surface area (TPSA) is 104 Å². The first-order valence-corrected chi connectivity index (χ1v) is 17.0. The average Bonchev–Trinajstić information content (AvgIpc) is 2.97. The molecule has 0 heterocycles. The largest absolute Gasteiger partial charge is 0.508 e. The van der Waals surface area contributed by atoms with Crippen molar-refractivity contribution in [2.75, 3.05) is 0 Å². The van der Waals surface area contributed by atoms with Crippen molar-refractivity contribution in [3.63, 3.8) is 0 Å². The fourth-order valence-electron chi connectivity index (χ4n) is 11.9. The van der Waals surface area contributed by atoms with Crippen molar-refractivity contribution in [2.45, 2.75) is 105 Å². The molecule has 5 aliphatic carbocycles. The number of hydrogen-bond acceptors (Lipinski definition) is 5. The van der Waals surface area contributed by atoms with E-state index in [0.717, 1.165) is 37.7 Å². The van der Waals surface area contributed by atoms with Gasteiger partial charge in [0.2, 0.25) is 0 Å². The Morgan fingerprint density at radius 2 is 1.69 bits per heavy atom. The first kappa shape index (κ1) is 32.1. The van der Waals surface area contributed by atoms with Crippen LogP contribution in [0.2, 0.25) is 0 Å². The number of benzene rings is 1. The van der Waals surface area contributed by atoms with Crippen LogP contribution in [0.4, 0.5) is 0 Å². The predicted molar refractivity (Wildman–Crippen MR) is 175 cm³/mol. The first-order chi connectivity index (χ1) is 21.0. The number of aliphatic carboxylic acids is 1. The second kappa shape index (κ2) is 10.6. The second-order valence-electron chi connectivity index (χ2n) is 16.6. The molecule has 6 rings (SSSR count). The van der Waals surface area contributed by atoms with Gasteiger partial charge in [-0.3, -0.25) is 4.79 Å². The van der Waals surface area contributed by atoms with Gasteiger partial charge in [-0.25, -0.2) is 4.79 Å². The summed E-state index contributed by atoms with van der Waals surface area (Å²) in [7, 11) is 0. The zero-order chi connectivity index (χ0) is 32.7. The lowest BCUT2D eigenvalue weighted by atomic mass is 9.33. The molecule has 0 amide bonds. The van der Waals surface area contributed by atoms with Crippen LogP contribution in [0, 0.1) is 50.7 Å². The first-order valence-electron chi connectivity index (χ1n) is 17.0. The van der Waals surface area contributed by atoms with E-state index in [9.17, 15) is 24.9 Å². The molecule has 0 radical (unpaired) electrons. The Kier molecular flexibility index (Phi) is 7.55. The number of carboxylic acid groups (broad SMARTS) is 1. The predicted octanol–water partition coefficient (Wildman–Crippen LogP) is 7.95. The Hall–Kier alpha value is -2.86. The number of hydrogen-bond donors (Lipinski definition) is 3. The number of aliphatic hydroxyl groups excluding tert-OH is 1. The van der Waals surface area contributed by atoms with E-state index in [2.05, 4.69) is 54.2 Å². The smallest absolute Gasteiger partial charge is 0.331 e. The number of fused-ring (bicyclic) bond motifs is 7. The van der Waals surface area contributed by atoms with Crippen molar-refractivity contribution in [3.8, 4) is 5.75 Å².